The van der Waals surface area contributed by atoms with Gasteiger partial charge >= 0.3 is 10.6 Å². The number of alkyl halides is 4. The third-order valence-electron chi connectivity index (χ3n) is 2.89. The maximum absolute atomic E-state index is 13.9. The zero-order valence-electron chi connectivity index (χ0n) is 11.0. The summed E-state index contributed by atoms with van der Waals surface area (Å²) in [5.41, 5.74) is 0.195. The second-order valence-corrected chi connectivity index (χ2v) is 6.36. The molecule has 0 bridgehead atoms. The minimum absolute atomic E-state index is 0.0949. The van der Waals surface area contributed by atoms with Gasteiger partial charge in [-0.1, -0.05) is 0 Å². The van der Waals surface area contributed by atoms with Crippen LogP contribution in [0.25, 0.3) is 11.0 Å². The highest BCUT2D eigenvalue weighted by molar-refractivity contribution is 7.78. The summed E-state index contributed by atoms with van der Waals surface area (Å²) in [6.07, 6.45) is 0. The first-order chi connectivity index (χ1) is 10.7. The van der Waals surface area contributed by atoms with Gasteiger partial charge in [-0.3, -0.25) is 4.18 Å². The monoisotopic (exact) mass is 383 g/mol. The molecule has 3 atom stereocenters. The molecule has 23 heavy (non-hydrogen) atoms. The van der Waals surface area contributed by atoms with Gasteiger partial charge in [0, 0.05) is 12.1 Å². The lowest BCUT2D eigenvalue weighted by molar-refractivity contribution is -0.179. The molecule has 3 unspecified atom stereocenters. The molecule has 0 fully saturated rings. The van der Waals surface area contributed by atoms with Crippen molar-refractivity contribution in [1.82, 2.24) is 8.96 Å². The van der Waals surface area contributed by atoms with Gasteiger partial charge in [-0.25, -0.2) is 13.2 Å². The van der Waals surface area contributed by atoms with Crippen molar-refractivity contribution in [3.63, 3.8) is 0 Å². The molecular weight excluding hydrogens is 379 g/mol. The van der Waals surface area contributed by atoms with E-state index in [9.17, 15) is 13.0 Å². The predicted molar refractivity (Wildman–Crippen MR) is 75.6 cm³/mol. The molecule has 1 aliphatic heterocycles. The van der Waals surface area contributed by atoms with E-state index < -0.39 is 21.9 Å². The number of fused-ring (bicyclic) bond motifs is 2. The Hall–Kier alpha value is -1.67. The molecule has 1 aromatic carbocycles. The Kier molecular flexibility index (Phi) is 3.64. The van der Waals surface area contributed by atoms with Crippen LogP contribution in [0.1, 0.15) is 5.82 Å². The number of benzene rings is 1. The molecule has 0 spiro atoms. The highest BCUT2D eigenvalue weighted by Gasteiger charge is 2.60. The number of ether oxygens (including phenoxy) is 2. The van der Waals surface area contributed by atoms with Crippen molar-refractivity contribution < 1.29 is 26.6 Å². The Bertz CT molecular complexity index is 880. The van der Waals surface area contributed by atoms with E-state index in [1.165, 1.54) is 0 Å². The average molecular weight is 384 g/mol. The van der Waals surface area contributed by atoms with E-state index in [0.29, 0.717) is 0 Å². The van der Waals surface area contributed by atoms with Crippen molar-refractivity contribution in [2.45, 2.75) is 10.6 Å². The van der Waals surface area contributed by atoms with Crippen LogP contribution >= 0.6 is 23.2 Å². The molecule has 0 radical (unpaired) electrons. The number of imidazole rings is 1. The molecule has 1 aromatic heterocycles. The summed E-state index contributed by atoms with van der Waals surface area (Å²) in [5.74, 6) is -0.860. The van der Waals surface area contributed by atoms with E-state index >= 15 is 0 Å². The normalized spacial score (nSPS) is 27.7. The number of hydrogen-bond acceptors (Lipinski definition) is 6. The number of halogens is 4. The fraction of sp³-hybridized carbons (Fsp3) is 0.273. The SMILES string of the molecule is COS(=O)n1c(C#N)nc2cc3c(cc21)OC(F)(Cl)C(F)(Cl)O3. The number of rotatable bonds is 2. The second-order valence-electron chi connectivity index (χ2n) is 4.25. The minimum atomic E-state index is -3.49. The van der Waals surface area contributed by atoms with E-state index in [2.05, 4.69) is 18.6 Å². The van der Waals surface area contributed by atoms with Gasteiger partial charge in [0.05, 0.1) is 18.1 Å². The van der Waals surface area contributed by atoms with E-state index in [4.69, 9.17) is 28.5 Å². The summed E-state index contributed by atoms with van der Waals surface area (Å²) >= 11 is 8.36. The molecule has 7 nitrogen and oxygen atoms in total. The first-order valence-corrected chi connectivity index (χ1v) is 7.56. The van der Waals surface area contributed by atoms with Crippen LogP contribution < -0.4 is 9.47 Å². The summed E-state index contributed by atoms with van der Waals surface area (Å²) in [6.45, 7) is 0. The second kappa shape index (κ2) is 5.17. The van der Waals surface area contributed by atoms with Gasteiger partial charge in [0.1, 0.15) is 6.07 Å². The van der Waals surface area contributed by atoms with Crippen molar-refractivity contribution in [1.29, 1.82) is 5.26 Å². The zero-order chi connectivity index (χ0) is 17.0. The molecule has 0 aliphatic carbocycles. The lowest BCUT2D eigenvalue weighted by atomic mass is 10.2. The molecule has 0 amide bonds. The first kappa shape index (κ1) is 16.2. The Labute approximate surface area is 140 Å². The van der Waals surface area contributed by atoms with Gasteiger partial charge in [-0.15, -0.1) is 0 Å². The highest BCUT2D eigenvalue weighted by atomic mass is 35.5. The van der Waals surface area contributed by atoms with Gasteiger partial charge in [0.2, 0.25) is 5.82 Å². The molecule has 0 N–H and O–H groups in total. The molecule has 0 saturated carbocycles. The molecular formula is C11H5Cl2F2N3O4S. The summed E-state index contributed by atoms with van der Waals surface area (Å²) in [4.78, 5) is 3.89. The van der Waals surface area contributed by atoms with Crippen LogP contribution in [-0.2, 0) is 15.4 Å². The number of nitriles is 1. The lowest BCUT2D eigenvalue weighted by Crippen LogP contribution is -2.50. The number of hydrogen-bond donors (Lipinski definition) is 0. The third-order valence-corrected chi connectivity index (χ3v) is 4.58. The van der Waals surface area contributed by atoms with Gasteiger partial charge in [0.15, 0.2) is 11.5 Å². The zero-order valence-corrected chi connectivity index (χ0v) is 13.4. The Morgan fingerprint density at radius 3 is 2.43 bits per heavy atom. The number of nitrogens with zero attached hydrogens (tertiary/aromatic N) is 3. The minimum Gasteiger partial charge on any atom is -0.435 e. The third kappa shape index (κ3) is 2.40. The van der Waals surface area contributed by atoms with Gasteiger partial charge in [-0.05, 0) is 23.2 Å². The van der Waals surface area contributed by atoms with Crippen LogP contribution in [0.3, 0.4) is 0 Å². The topological polar surface area (TPSA) is 86.4 Å². The quantitative estimate of drug-likeness (QED) is 0.740. The van der Waals surface area contributed by atoms with Crippen LogP contribution in [0.15, 0.2) is 12.1 Å². The van der Waals surface area contributed by atoms with Gasteiger partial charge < -0.3 is 9.47 Å². The molecule has 2 aromatic rings. The fourth-order valence-corrected chi connectivity index (χ4v) is 2.84. The highest BCUT2D eigenvalue weighted by Crippen LogP contribution is 2.50. The maximum Gasteiger partial charge on any atom is 0.414 e. The smallest absolute Gasteiger partial charge is 0.414 e. The molecule has 12 heteroatoms. The van der Waals surface area contributed by atoms with Gasteiger partial charge in [0.25, 0.3) is 11.3 Å². The fourth-order valence-electron chi connectivity index (χ4n) is 1.91. The van der Waals surface area contributed by atoms with Crippen LogP contribution in [0.4, 0.5) is 8.78 Å². The van der Waals surface area contributed by atoms with Crippen LogP contribution in [0.2, 0.25) is 0 Å². The van der Waals surface area contributed by atoms with Crippen molar-refractivity contribution in [2.75, 3.05) is 7.11 Å². The standard InChI is InChI=1S/C11H5Cl2F2N3O4S/c1-20-23(19)18-6-3-8-7(2-5(6)17-9(18)4-16)21-10(12,14)11(13,15)22-8/h2-3H,1H3. The first-order valence-electron chi connectivity index (χ1n) is 5.77. The van der Waals surface area contributed by atoms with E-state index in [-0.39, 0.29) is 28.4 Å². The van der Waals surface area contributed by atoms with Crippen LogP contribution in [0, 0.1) is 11.3 Å². The summed E-state index contributed by atoms with van der Waals surface area (Å²) < 4.78 is 54.5. The van der Waals surface area contributed by atoms with E-state index in [1.54, 1.807) is 6.07 Å². The lowest BCUT2D eigenvalue weighted by Gasteiger charge is -2.34. The van der Waals surface area contributed by atoms with Crippen molar-refractivity contribution >= 4 is 45.5 Å². The van der Waals surface area contributed by atoms with Crippen molar-refractivity contribution in [2.24, 2.45) is 0 Å². The Morgan fingerprint density at radius 1 is 1.35 bits per heavy atom. The Balaban J connectivity index is 2.25. The van der Waals surface area contributed by atoms with E-state index in [0.717, 1.165) is 23.2 Å². The average Bonchev–Trinajstić information content (AvgIpc) is 2.82. The van der Waals surface area contributed by atoms with E-state index in [1.807, 2.05) is 0 Å². The van der Waals surface area contributed by atoms with Crippen molar-refractivity contribution in [3.05, 3.63) is 18.0 Å². The predicted octanol–water partition coefficient (Wildman–Crippen LogP) is 2.48. The van der Waals surface area contributed by atoms with Crippen LogP contribution in [-0.4, -0.2) is 30.9 Å². The molecule has 0 saturated heterocycles. The Morgan fingerprint density at radius 2 is 1.91 bits per heavy atom. The molecule has 122 valence electrons. The molecule has 3 rings (SSSR count). The van der Waals surface area contributed by atoms with Crippen molar-refractivity contribution in [3.8, 4) is 17.6 Å². The summed E-state index contributed by atoms with van der Waals surface area (Å²) in [7, 11) is 1.15. The number of aromatic nitrogens is 2. The summed E-state index contributed by atoms with van der Waals surface area (Å²) in [5, 5.41) is 2.09. The molecule has 1 aliphatic rings. The van der Waals surface area contributed by atoms with Gasteiger partial charge in [-0.2, -0.15) is 14.0 Å². The maximum atomic E-state index is 13.9. The largest absolute Gasteiger partial charge is 0.435 e. The summed E-state index contributed by atoms with van der Waals surface area (Å²) in [6, 6.07) is 3.98. The van der Waals surface area contributed by atoms with Crippen LogP contribution in [0.5, 0.6) is 11.5 Å². The molecule has 2 heterocycles.